The fourth-order valence-corrected chi connectivity index (χ4v) is 9.94. The molecular weight excluding hydrogens is 743 g/mol. The van der Waals surface area contributed by atoms with Crippen molar-refractivity contribution >= 4 is 23.6 Å². The lowest BCUT2D eigenvalue weighted by Gasteiger charge is -2.46. The van der Waals surface area contributed by atoms with Crippen molar-refractivity contribution in [3.8, 4) is 11.3 Å². The molecule has 5 heterocycles. The van der Waals surface area contributed by atoms with Crippen molar-refractivity contribution in [2.24, 2.45) is 29.6 Å². The second-order valence-corrected chi connectivity index (χ2v) is 17.8. The molecule has 0 bridgehead atoms. The molecule has 13 atom stereocenters. The summed E-state index contributed by atoms with van der Waals surface area (Å²) in [5, 5.41) is 12.3. The number of methoxy groups -OCH3 is 1. The zero-order valence-electron chi connectivity index (χ0n) is 36.4. The number of pyridine rings is 1. The highest BCUT2D eigenvalue weighted by Crippen LogP contribution is 2.43. The highest BCUT2D eigenvalue weighted by Gasteiger charge is 2.60. The van der Waals surface area contributed by atoms with E-state index >= 15 is 0 Å². The van der Waals surface area contributed by atoms with Crippen LogP contribution < -0.4 is 0 Å². The number of aromatic nitrogens is 3. The van der Waals surface area contributed by atoms with Gasteiger partial charge in [-0.3, -0.25) is 19.4 Å². The number of aryl methyl sites for hydroxylation is 1. The standard InChI is InChI=1S/C44H67N5O9/c1-12-36-44(8)39(49(42(54)58-44)19-14-13-18-48-24-33(46-25-48)31-16-15-17-45-23-31)29(5)37(50)26(2)22-43(7,55-11)40(52)32(38(51)30(6)41(53)57-36)21-35-28(4)34(47(9)10)20-27(3)56-35/h15-17,23-30,32,34-36,39-40,52H,12-14,18-22H2,1-11H3/t26-,27-,28+,29+,30-,32+,34+,35+,36-,39?,40?,43-,44-/m1/s1. The number of aliphatic hydroxyl groups excluding tert-OH is 1. The van der Waals surface area contributed by atoms with Crippen LogP contribution in [-0.4, -0.2) is 129 Å². The van der Waals surface area contributed by atoms with Crippen molar-refractivity contribution in [3.63, 3.8) is 0 Å². The zero-order valence-corrected chi connectivity index (χ0v) is 36.4. The van der Waals surface area contributed by atoms with Crippen molar-refractivity contribution in [1.82, 2.24) is 24.3 Å². The molecular formula is C44H67N5O9. The van der Waals surface area contributed by atoms with Crippen LogP contribution in [0, 0.1) is 29.6 Å². The van der Waals surface area contributed by atoms with Gasteiger partial charge in [0.05, 0.1) is 42.0 Å². The van der Waals surface area contributed by atoms with Gasteiger partial charge in [-0.1, -0.05) is 27.7 Å². The first kappa shape index (κ1) is 45.4. The predicted octanol–water partition coefficient (Wildman–Crippen LogP) is 5.59. The van der Waals surface area contributed by atoms with Crippen LogP contribution >= 0.6 is 0 Å². The first-order chi connectivity index (χ1) is 27.4. The highest BCUT2D eigenvalue weighted by atomic mass is 16.6. The number of ether oxygens (including phenoxy) is 4. The summed E-state index contributed by atoms with van der Waals surface area (Å²) in [4.78, 5) is 69.6. The molecule has 0 radical (unpaired) electrons. The van der Waals surface area contributed by atoms with E-state index in [2.05, 4.69) is 21.8 Å². The highest BCUT2D eigenvalue weighted by molar-refractivity contribution is 6.00. The largest absolute Gasteiger partial charge is 0.458 e. The van der Waals surface area contributed by atoms with Gasteiger partial charge in [-0.25, -0.2) is 9.78 Å². The quantitative estimate of drug-likeness (QED) is 0.170. The number of carbonyl (C=O) groups is 4. The molecule has 3 fully saturated rings. The average molecular weight is 810 g/mol. The molecule has 0 spiro atoms. The first-order valence-corrected chi connectivity index (χ1v) is 21.1. The number of esters is 1. The molecule has 3 saturated heterocycles. The lowest BCUT2D eigenvalue weighted by Crippen LogP contribution is -2.59. The first-order valence-electron chi connectivity index (χ1n) is 21.1. The third-order valence-corrected chi connectivity index (χ3v) is 13.5. The fourth-order valence-electron chi connectivity index (χ4n) is 9.94. The molecule has 0 aliphatic carbocycles. The number of aliphatic hydroxyl groups is 1. The van der Waals surface area contributed by atoms with Crippen LogP contribution in [0.15, 0.2) is 37.1 Å². The molecule has 58 heavy (non-hydrogen) atoms. The molecule has 0 aromatic carbocycles. The summed E-state index contributed by atoms with van der Waals surface area (Å²) < 4.78 is 26.8. The fraction of sp³-hybridized carbons (Fsp3) is 0.727. The molecule has 3 aliphatic heterocycles. The molecule has 5 rings (SSSR count). The van der Waals surface area contributed by atoms with Gasteiger partial charge in [0, 0.05) is 68.1 Å². The summed E-state index contributed by atoms with van der Waals surface area (Å²) in [5.41, 5.74) is -1.02. The Bertz CT molecular complexity index is 1740. The van der Waals surface area contributed by atoms with E-state index in [9.17, 15) is 24.3 Å². The number of Topliss-reactive ketones (excluding diaryl/α,β-unsaturated/α-hetero) is 2. The number of hydrogen-bond donors (Lipinski definition) is 1. The van der Waals surface area contributed by atoms with Gasteiger partial charge in [0.25, 0.3) is 0 Å². The van der Waals surface area contributed by atoms with E-state index in [1.165, 1.54) is 14.0 Å². The Morgan fingerprint density at radius 3 is 2.38 bits per heavy atom. The van der Waals surface area contributed by atoms with Crippen LogP contribution in [0.3, 0.4) is 0 Å². The Morgan fingerprint density at radius 2 is 1.74 bits per heavy atom. The van der Waals surface area contributed by atoms with Crippen LogP contribution in [0.25, 0.3) is 11.3 Å². The van der Waals surface area contributed by atoms with Crippen LogP contribution in [0.2, 0.25) is 0 Å². The maximum atomic E-state index is 14.6. The zero-order chi connectivity index (χ0) is 42.7. The summed E-state index contributed by atoms with van der Waals surface area (Å²) in [6, 6.07) is 3.22. The van der Waals surface area contributed by atoms with Gasteiger partial charge in [-0.2, -0.15) is 0 Å². The van der Waals surface area contributed by atoms with Crippen LogP contribution in [-0.2, 0) is 39.9 Å². The van der Waals surface area contributed by atoms with Gasteiger partial charge in [0.1, 0.15) is 17.8 Å². The van der Waals surface area contributed by atoms with E-state index < -0.39 is 77.1 Å². The molecule has 2 aromatic rings. The molecule has 1 N–H and O–H groups in total. The number of rotatable bonds is 11. The number of imidazole rings is 1. The third kappa shape index (κ3) is 9.35. The van der Waals surface area contributed by atoms with E-state index in [0.717, 1.165) is 17.7 Å². The number of fused-ring (bicyclic) bond motifs is 1. The topological polar surface area (TPSA) is 163 Å². The van der Waals surface area contributed by atoms with E-state index in [0.29, 0.717) is 25.9 Å². The van der Waals surface area contributed by atoms with Gasteiger partial charge < -0.3 is 38.4 Å². The van der Waals surface area contributed by atoms with Crippen LogP contribution in [0.4, 0.5) is 4.79 Å². The van der Waals surface area contributed by atoms with Crippen molar-refractivity contribution in [2.45, 2.75) is 148 Å². The molecule has 2 aromatic heterocycles. The molecule has 14 nitrogen and oxygen atoms in total. The smallest absolute Gasteiger partial charge is 0.410 e. The number of unbranched alkanes of at least 4 members (excludes halogenated alkanes) is 1. The van der Waals surface area contributed by atoms with E-state index in [1.54, 1.807) is 51.3 Å². The van der Waals surface area contributed by atoms with Crippen molar-refractivity contribution in [2.75, 3.05) is 27.7 Å². The molecule has 2 unspecified atom stereocenters. The van der Waals surface area contributed by atoms with Crippen molar-refractivity contribution < 1.29 is 43.2 Å². The number of ketones is 2. The number of amides is 1. The SMILES string of the molecule is CC[C@H]1OC(=O)[C@H](C)C(=O)[C@H](C[C@@H]2O[C@H](C)C[C@H](N(C)C)[C@@H]2C)C(O)[C@](C)(OC)C[C@@H](C)C(=O)[C@H](C)C2N(CCCCn3cnc(-c4cccnc4)c3)C(=O)O[C@@]21C. The summed E-state index contributed by atoms with van der Waals surface area (Å²) in [7, 11) is 5.51. The van der Waals surface area contributed by atoms with E-state index in [1.807, 2.05) is 50.8 Å². The Morgan fingerprint density at radius 1 is 1.03 bits per heavy atom. The molecule has 3 aliphatic rings. The maximum Gasteiger partial charge on any atom is 0.410 e. The Labute approximate surface area is 344 Å². The summed E-state index contributed by atoms with van der Waals surface area (Å²) in [5.74, 6) is -5.12. The number of nitrogens with zero attached hydrogens (tertiary/aromatic N) is 5. The van der Waals surface area contributed by atoms with Crippen molar-refractivity contribution in [3.05, 3.63) is 37.1 Å². The molecule has 1 amide bonds. The van der Waals surface area contributed by atoms with Gasteiger partial charge >= 0.3 is 12.1 Å². The van der Waals surface area contributed by atoms with Gasteiger partial charge in [0.2, 0.25) is 0 Å². The minimum atomic E-state index is -1.40. The normalized spacial score (nSPS) is 36.7. The second-order valence-electron chi connectivity index (χ2n) is 17.8. The number of hydrogen-bond acceptors (Lipinski definition) is 12. The Kier molecular flexibility index (Phi) is 14.6. The Hall–Kier alpha value is -3.72. The Balaban J connectivity index is 1.42. The summed E-state index contributed by atoms with van der Waals surface area (Å²) in [6.45, 7) is 15.4. The van der Waals surface area contributed by atoms with Crippen LogP contribution in [0.5, 0.6) is 0 Å². The molecule has 322 valence electrons. The lowest BCUT2D eigenvalue weighted by molar-refractivity contribution is -0.178. The van der Waals surface area contributed by atoms with E-state index in [-0.39, 0.29) is 43.1 Å². The minimum absolute atomic E-state index is 0.0224. The van der Waals surface area contributed by atoms with Gasteiger partial charge in [-0.15, -0.1) is 0 Å². The lowest BCUT2D eigenvalue weighted by atomic mass is 9.71. The molecule has 0 saturated carbocycles. The predicted molar refractivity (Wildman–Crippen MR) is 217 cm³/mol. The minimum Gasteiger partial charge on any atom is -0.458 e. The van der Waals surface area contributed by atoms with Crippen LogP contribution in [0.1, 0.15) is 93.9 Å². The maximum absolute atomic E-state index is 14.6. The third-order valence-electron chi connectivity index (χ3n) is 13.5. The number of cyclic esters (lactones) is 1. The van der Waals surface area contributed by atoms with Gasteiger partial charge in [0.15, 0.2) is 11.4 Å². The summed E-state index contributed by atoms with van der Waals surface area (Å²) >= 11 is 0. The second kappa shape index (κ2) is 18.7. The van der Waals surface area contributed by atoms with E-state index in [4.69, 9.17) is 18.9 Å². The monoisotopic (exact) mass is 809 g/mol. The van der Waals surface area contributed by atoms with Gasteiger partial charge in [-0.05, 0) is 98.4 Å². The molecule has 14 heteroatoms. The van der Waals surface area contributed by atoms with Crippen molar-refractivity contribution in [1.29, 1.82) is 0 Å². The average Bonchev–Trinajstić information content (AvgIpc) is 3.78. The number of carbonyl (C=O) groups excluding carboxylic acids is 4. The summed E-state index contributed by atoms with van der Waals surface area (Å²) in [6.07, 6.45) is 6.47.